The quantitative estimate of drug-likeness (QED) is 0.386. The van der Waals surface area contributed by atoms with Crippen LogP contribution in [-0.2, 0) is 4.74 Å². The van der Waals surface area contributed by atoms with Crippen LogP contribution in [0.1, 0.15) is 49.0 Å². The molecule has 230 valence electrons. The van der Waals surface area contributed by atoms with Crippen molar-refractivity contribution in [2.75, 3.05) is 59.5 Å². The van der Waals surface area contributed by atoms with E-state index in [1.165, 1.54) is 12.1 Å². The molecule has 8 nitrogen and oxygen atoms in total. The summed E-state index contributed by atoms with van der Waals surface area (Å²) in [7, 11) is 1.80. The minimum atomic E-state index is -0.554. The molecule has 42 heavy (non-hydrogen) atoms. The van der Waals surface area contributed by atoms with Crippen LogP contribution in [0.5, 0.6) is 0 Å². The fraction of sp³-hybridized carbons (Fsp3) is 0.548. The van der Waals surface area contributed by atoms with Gasteiger partial charge in [0.1, 0.15) is 11.4 Å². The third-order valence-corrected chi connectivity index (χ3v) is 8.80. The van der Waals surface area contributed by atoms with Crippen LogP contribution in [0, 0.1) is 5.82 Å². The molecule has 1 unspecified atom stereocenters. The molecule has 4 rings (SSSR count). The molecule has 0 aromatic heterocycles. The molecule has 2 heterocycles. The van der Waals surface area contributed by atoms with Gasteiger partial charge in [-0.05, 0) is 69.6 Å². The first-order chi connectivity index (χ1) is 19.8. The third kappa shape index (κ3) is 8.75. The molecule has 0 radical (unpaired) electrons. The summed E-state index contributed by atoms with van der Waals surface area (Å²) in [5.41, 5.74) is 1.04. The molecule has 2 fully saturated rings. The number of carbonyl (C=O) groups is 2. The predicted octanol–water partition coefficient (Wildman–Crippen LogP) is 5.19. The zero-order valence-corrected chi connectivity index (χ0v) is 27.9. The Morgan fingerprint density at radius 2 is 1.71 bits per heavy atom. The number of ether oxygens (including phenoxy) is 1. The third-order valence-electron chi connectivity index (χ3n) is 7.88. The van der Waals surface area contributed by atoms with Gasteiger partial charge in [-0.15, -0.1) is 0 Å². The van der Waals surface area contributed by atoms with Crippen LogP contribution in [0.25, 0.3) is 0 Å². The molecule has 2 saturated heterocycles. The van der Waals surface area contributed by atoms with E-state index in [1.807, 2.05) is 51.1 Å². The minimum Gasteiger partial charge on any atom is -0.444 e. The van der Waals surface area contributed by atoms with Gasteiger partial charge in [-0.3, -0.25) is 9.69 Å². The van der Waals surface area contributed by atoms with E-state index in [9.17, 15) is 19.1 Å². The van der Waals surface area contributed by atoms with Gasteiger partial charge in [-0.2, -0.15) is 0 Å². The smallest absolute Gasteiger partial charge is 0.410 e. The van der Waals surface area contributed by atoms with Crippen molar-refractivity contribution in [1.29, 1.82) is 0 Å². The molecule has 2 aromatic rings. The molecule has 1 N–H and O–H groups in total. The number of amides is 2. The number of halogens is 3. The molecule has 2 aliphatic heterocycles. The Balaban J connectivity index is 1.33. The number of benzene rings is 2. The SMILES string of the molecule is CN(C[C@@H](CCN1CC(N2CCN(C(=O)OC(C)(C)C)CC2CO)C1)c1ccc(F)cc1)C(=O)c1cc(Br)cc(Br)c1. The lowest BCUT2D eigenvalue weighted by atomic mass is 9.93. The zero-order chi connectivity index (χ0) is 30.6. The topological polar surface area (TPSA) is 76.6 Å². The molecule has 2 amide bonds. The van der Waals surface area contributed by atoms with Crippen LogP contribution in [-0.4, -0.2) is 114 Å². The Hall–Kier alpha value is -2.05. The zero-order valence-electron chi connectivity index (χ0n) is 24.7. The van der Waals surface area contributed by atoms with Crippen molar-refractivity contribution in [2.45, 2.75) is 50.8 Å². The molecule has 0 aliphatic carbocycles. The van der Waals surface area contributed by atoms with Crippen molar-refractivity contribution in [1.82, 2.24) is 19.6 Å². The number of carbonyl (C=O) groups excluding carboxylic acids is 2. The molecule has 0 spiro atoms. The maximum absolute atomic E-state index is 13.7. The highest BCUT2D eigenvalue weighted by Crippen LogP contribution is 2.27. The summed E-state index contributed by atoms with van der Waals surface area (Å²) in [6.07, 6.45) is 0.479. The number of hydrogen-bond acceptors (Lipinski definition) is 6. The molecule has 0 saturated carbocycles. The number of nitrogens with zero attached hydrogens (tertiary/aromatic N) is 4. The Kier molecular flexibility index (Phi) is 11.1. The Labute approximate surface area is 265 Å². The van der Waals surface area contributed by atoms with E-state index in [0.29, 0.717) is 37.8 Å². The van der Waals surface area contributed by atoms with Crippen molar-refractivity contribution in [3.8, 4) is 0 Å². The number of piperazine rings is 1. The highest BCUT2D eigenvalue weighted by molar-refractivity contribution is 9.11. The summed E-state index contributed by atoms with van der Waals surface area (Å²) >= 11 is 6.92. The van der Waals surface area contributed by atoms with E-state index in [4.69, 9.17) is 4.74 Å². The van der Waals surface area contributed by atoms with Crippen LogP contribution in [0.2, 0.25) is 0 Å². The second-order valence-corrected chi connectivity index (χ2v) is 14.1. The van der Waals surface area contributed by atoms with Crippen LogP contribution in [0.4, 0.5) is 9.18 Å². The van der Waals surface area contributed by atoms with Gasteiger partial charge >= 0.3 is 6.09 Å². The highest BCUT2D eigenvalue weighted by Gasteiger charge is 2.39. The van der Waals surface area contributed by atoms with Gasteiger partial charge < -0.3 is 24.5 Å². The van der Waals surface area contributed by atoms with E-state index in [2.05, 4.69) is 41.7 Å². The highest BCUT2D eigenvalue weighted by atomic mass is 79.9. The van der Waals surface area contributed by atoms with E-state index in [-0.39, 0.29) is 36.4 Å². The standard InChI is InChI=1S/C31H41Br2FN4O4/c1-31(2,3)42-30(41)37-11-12-38(28(19-37)20-39)27-17-36(18-27)10-9-22(21-5-7-26(34)8-6-21)16-35(4)29(40)23-13-24(32)15-25(33)14-23/h5-8,13-15,22,27-28,39H,9-12,16-20H2,1-4H3/t22-,28?/m1/s1. The summed E-state index contributed by atoms with van der Waals surface area (Å²) in [6.45, 7) is 10.3. The Morgan fingerprint density at radius 1 is 1.07 bits per heavy atom. The first-order valence-corrected chi connectivity index (χ1v) is 16.0. The first-order valence-electron chi connectivity index (χ1n) is 14.4. The van der Waals surface area contributed by atoms with Crippen LogP contribution in [0.3, 0.4) is 0 Å². The van der Waals surface area contributed by atoms with Crippen molar-refractivity contribution < 1.29 is 23.8 Å². The predicted molar refractivity (Wildman–Crippen MR) is 168 cm³/mol. The Bertz CT molecular complexity index is 1220. The molecule has 2 aromatic carbocycles. The van der Waals surface area contributed by atoms with Crippen molar-refractivity contribution in [3.63, 3.8) is 0 Å². The number of aliphatic hydroxyl groups excluding tert-OH is 1. The normalized spacial score (nSPS) is 19.3. The van der Waals surface area contributed by atoms with E-state index in [0.717, 1.165) is 40.6 Å². The van der Waals surface area contributed by atoms with Gasteiger partial charge in [-0.1, -0.05) is 44.0 Å². The first kappa shape index (κ1) is 32.9. The minimum absolute atomic E-state index is 0.0165. The van der Waals surface area contributed by atoms with Gasteiger partial charge in [0.25, 0.3) is 5.91 Å². The molecule has 0 bridgehead atoms. The maximum Gasteiger partial charge on any atom is 0.410 e. The van der Waals surface area contributed by atoms with E-state index < -0.39 is 5.60 Å². The van der Waals surface area contributed by atoms with Crippen LogP contribution >= 0.6 is 31.9 Å². The Morgan fingerprint density at radius 3 is 2.31 bits per heavy atom. The molecule has 2 aliphatic rings. The summed E-state index contributed by atoms with van der Waals surface area (Å²) in [6, 6.07) is 12.3. The summed E-state index contributed by atoms with van der Waals surface area (Å²) in [4.78, 5) is 33.9. The lowest BCUT2D eigenvalue weighted by Gasteiger charge is -2.51. The number of rotatable bonds is 9. The number of hydrogen-bond donors (Lipinski definition) is 1. The molecule has 11 heteroatoms. The number of likely N-dealkylation sites (tertiary alicyclic amines) is 1. The fourth-order valence-electron chi connectivity index (χ4n) is 5.69. The van der Waals surface area contributed by atoms with Gasteiger partial charge in [-0.25, -0.2) is 9.18 Å². The van der Waals surface area contributed by atoms with E-state index >= 15 is 0 Å². The monoisotopic (exact) mass is 710 g/mol. The number of likely N-dealkylation sites (N-methyl/N-ethyl adjacent to an activating group) is 1. The van der Waals surface area contributed by atoms with Crippen molar-refractivity contribution in [2.24, 2.45) is 0 Å². The average Bonchev–Trinajstić information content (AvgIpc) is 2.90. The van der Waals surface area contributed by atoms with Gasteiger partial charge in [0.2, 0.25) is 0 Å². The van der Waals surface area contributed by atoms with E-state index in [1.54, 1.807) is 16.8 Å². The second-order valence-electron chi connectivity index (χ2n) is 12.3. The van der Waals surface area contributed by atoms with Gasteiger partial charge in [0.15, 0.2) is 0 Å². The molecular weight excluding hydrogens is 671 g/mol. The lowest BCUT2D eigenvalue weighted by Crippen LogP contribution is -2.67. The molecular formula is C31H41Br2FN4O4. The van der Waals surface area contributed by atoms with Crippen LogP contribution in [0.15, 0.2) is 51.4 Å². The second kappa shape index (κ2) is 14.2. The van der Waals surface area contributed by atoms with Crippen molar-refractivity contribution >= 4 is 43.9 Å². The van der Waals surface area contributed by atoms with Crippen LogP contribution < -0.4 is 0 Å². The van der Waals surface area contributed by atoms with Gasteiger partial charge in [0.05, 0.1) is 12.6 Å². The summed E-state index contributed by atoms with van der Waals surface area (Å²) in [5.74, 6) is -0.317. The van der Waals surface area contributed by atoms with Crippen molar-refractivity contribution in [3.05, 3.63) is 68.4 Å². The molecule has 2 atom stereocenters. The fourth-order valence-corrected chi connectivity index (χ4v) is 6.98. The van der Waals surface area contributed by atoms with Gasteiger partial charge in [0, 0.05) is 72.8 Å². The lowest BCUT2D eigenvalue weighted by molar-refractivity contribution is -0.0499. The number of aliphatic hydroxyl groups is 1. The summed E-state index contributed by atoms with van der Waals surface area (Å²) in [5, 5.41) is 10.1. The maximum atomic E-state index is 13.7. The largest absolute Gasteiger partial charge is 0.444 e. The average molecular weight is 712 g/mol. The summed E-state index contributed by atoms with van der Waals surface area (Å²) < 4.78 is 20.9.